The summed E-state index contributed by atoms with van der Waals surface area (Å²) in [5, 5.41) is 60.7. The summed E-state index contributed by atoms with van der Waals surface area (Å²) in [6, 6.07) is 17.8. The second-order valence-electron chi connectivity index (χ2n) is 43.0. The average Bonchev–Trinajstić information content (AvgIpc) is 1.82. The van der Waals surface area contributed by atoms with E-state index in [2.05, 4.69) is 132 Å². The van der Waals surface area contributed by atoms with E-state index in [1.807, 2.05) is 0 Å². The molecule has 10 saturated carbocycles. The van der Waals surface area contributed by atoms with Crippen LogP contribution in [0.1, 0.15) is 263 Å². The number of rotatable bonds is 0. The van der Waals surface area contributed by atoms with E-state index in [1.165, 1.54) is 303 Å². The van der Waals surface area contributed by atoms with Crippen LogP contribution in [0.5, 0.6) is 0 Å². The summed E-state index contributed by atoms with van der Waals surface area (Å²) < 4.78 is 31.4. The van der Waals surface area contributed by atoms with Crippen molar-refractivity contribution in [3.8, 4) is 0 Å². The Morgan fingerprint density at radius 3 is 0.900 bits per heavy atom. The van der Waals surface area contributed by atoms with Gasteiger partial charge in [0, 0.05) is 166 Å². The van der Waals surface area contributed by atoms with Gasteiger partial charge in [-0.3, -0.25) is 21.3 Å². The minimum atomic E-state index is 0.421. The summed E-state index contributed by atoms with van der Waals surface area (Å²) in [4.78, 5) is 0. The van der Waals surface area contributed by atoms with Gasteiger partial charge in [-0.05, 0) is 311 Å². The molecule has 0 amide bonds. The average molecular weight is 1670 g/mol. The predicted molar refractivity (Wildman–Crippen MR) is 479 cm³/mol. The Kier molecular flexibility index (Phi) is 33.7. The summed E-state index contributed by atoms with van der Waals surface area (Å²) in [5.74, 6) is 6.95. The van der Waals surface area contributed by atoms with E-state index in [9.17, 15) is 0 Å². The maximum atomic E-state index is 5.29. The number of hydrogen-bond donors (Lipinski definition) is 18. The van der Waals surface area contributed by atoms with E-state index in [-0.39, 0.29) is 0 Å². The number of nitrogens with one attached hydrogen (secondary N) is 18. The molecule has 33 heterocycles. The van der Waals surface area contributed by atoms with Gasteiger partial charge in [-0.25, -0.2) is 0 Å². The number of piperidine rings is 10. The third-order valence-corrected chi connectivity index (χ3v) is 33.3. The van der Waals surface area contributed by atoms with Crippen molar-refractivity contribution in [1.29, 1.82) is 0 Å². The van der Waals surface area contributed by atoms with Crippen LogP contribution in [0.15, 0.2) is 36.6 Å². The van der Waals surface area contributed by atoms with Crippen LogP contribution in [0.3, 0.4) is 0 Å². The Morgan fingerprint density at radius 1 is 0.233 bits per heavy atom. The molecule has 0 spiro atoms. The summed E-state index contributed by atoms with van der Waals surface area (Å²) in [5.41, 5.74) is 0. The normalized spacial score (nSPS) is 47.3. The number of fused-ring (bicyclic) bond motifs is 33. The monoisotopic (exact) mass is 1670 g/mol. The van der Waals surface area contributed by atoms with E-state index in [1.54, 1.807) is 0 Å². The number of morpholine rings is 2. The molecule has 33 aliphatic heterocycles. The van der Waals surface area contributed by atoms with Gasteiger partial charge in [-0.1, -0.05) is 49.6 Å². The Bertz CT molecular complexity index is 2360. The first-order valence-corrected chi connectivity index (χ1v) is 51.3. The lowest BCUT2D eigenvalue weighted by Crippen LogP contribution is -2.60. The summed E-state index contributed by atoms with van der Waals surface area (Å²) >= 11 is 0. The van der Waals surface area contributed by atoms with Crippen LogP contribution in [-0.2, 0) is 28.4 Å². The highest BCUT2D eigenvalue weighted by molar-refractivity contribution is 5.12. The van der Waals surface area contributed by atoms with Gasteiger partial charge in [0.05, 0.1) is 58.1 Å². The van der Waals surface area contributed by atoms with Crippen LogP contribution in [-0.4, -0.2) is 263 Å². The smallest absolute Gasteiger partial charge is 0.110 e. The fourth-order valence-corrected chi connectivity index (χ4v) is 24.8. The van der Waals surface area contributed by atoms with Gasteiger partial charge < -0.3 is 103 Å². The molecule has 0 aromatic heterocycles. The van der Waals surface area contributed by atoms with Crippen LogP contribution in [0.4, 0.5) is 0 Å². The third kappa shape index (κ3) is 27.4. The minimum absolute atomic E-state index is 0.421. The molecule has 30 saturated heterocycles. The van der Waals surface area contributed by atoms with E-state index < -0.39 is 0 Å². The maximum absolute atomic E-state index is 5.29. The van der Waals surface area contributed by atoms with Crippen molar-refractivity contribution in [2.75, 3.05) is 98.8 Å². The molecule has 40 fully saturated rings. The van der Waals surface area contributed by atoms with Crippen LogP contribution in [0, 0.1) is 41.4 Å². The van der Waals surface area contributed by atoms with Crippen molar-refractivity contribution < 1.29 is 28.4 Å². The lowest BCUT2D eigenvalue weighted by Gasteiger charge is -2.42. The largest absolute Gasteiger partial charge is 0.388 e. The predicted octanol–water partition coefficient (Wildman–Crippen LogP) is 7.62. The molecule has 44 rings (SSSR count). The van der Waals surface area contributed by atoms with Gasteiger partial charge in [0.1, 0.15) is 18.7 Å². The van der Waals surface area contributed by atoms with Gasteiger partial charge >= 0.3 is 0 Å². The molecule has 44 aliphatic rings. The molecule has 0 radical (unpaired) electrons. The lowest BCUT2D eigenvalue weighted by atomic mass is 9.75. The van der Waals surface area contributed by atoms with Crippen molar-refractivity contribution in [3.63, 3.8) is 0 Å². The van der Waals surface area contributed by atoms with E-state index in [0.29, 0.717) is 55.1 Å². The molecule has 24 heteroatoms. The van der Waals surface area contributed by atoms with E-state index in [0.717, 1.165) is 210 Å². The van der Waals surface area contributed by atoms with Crippen LogP contribution < -0.4 is 95.7 Å². The number of ether oxygens (including phenoxy) is 6. The minimum Gasteiger partial charge on any atom is -0.388 e. The lowest BCUT2D eigenvalue weighted by molar-refractivity contribution is -0.166. The van der Waals surface area contributed by atoms with Gasteiger partial charge in [0.2, 0.25) is 0 Å². The van der Waals surface area contributed by atoms with Gasteiger partial charge in [-0.2, -0.15) is 0 Å². The quantitative estimate of drug-likeness (QED) is 0.104. The second kappa shape index (κ2) is 45.6. The topological polar surface area (TPSA) is 272 Å². The van der Waals surface area contributed by atoms with Crippen LogP contribution in [0.25, 0.3) is 0 Å². The van der Waals surface area contributed by atoms with Crippen molar-refractivity contribution in [3.05, 3.63) is 36.6 Å². The molecule has 0 aromatic carbocycles. The molecule has 18 N–H and O–H groups in total. The van der Waals surface area contributed by atoms with E-state index in [4.69, 9.17) is 28.4 Å². The molecule has 680 valence electrons. The van der Waals surface area contributed by atoms with Crippen molar-refractivity contribution in [2.45, 2.75) is 427 Å². The Labute approximate surface area is 724 Å². The molecular weight excluding hydrogens is 1500 g/mol. The van der Waals surface area contributed by atoms with Crippen molar-refractivity contribution in [1.82, 2.24) is 95.7 Å². The zero-order chi connectivity index (χ0) is 80.4. The second-order valence-corrected chi connectivity index (χ2v) is 43.0. The first-order valence-electron chi connectivity index (χ1n) is 51.3. The van der Waals surface area contributed by atoms with Gasteiger partial charge in [-0.15, -0.1) is 0 Å². The maximum Gasteiger partial charge on any atom is 0.110 e. The first-order chi connectivity index (χ1) is 59.1. The molecule has 26 atom stereocenters. The number of allylic oxidation sites excluding steroid dienone is 1. The molecule has 0 aromatic rings. The molecule has 34 bridgehead atoms. The van der Waals surface area contributed by atoms with Crippen LogP contribution in [0.2, 0.25) is 0 Å². The number of hydrogen-bond acceptors (Lipinski definition) is 24. The molecule has 26 unspecified atom stereocenters. The summed E-state index contributed by atoms with van der Waals surface area (Å²) in [6.07, 6.45) is 74.0. The standard InChI is InChI=1S/C7H11N.C6H11N.C6H9N.3C6H11N.C6H9N.3C6H11N.C5H10N2.6C5H9NO/c1-2-6-4-5-7(3-1)8-6;2*1-2-7-6-3-5(1)4-6;4*1-2-6-3-5(1)4-7-6;3*1-2-5-4-6(3-1)7-5;1-4-2-5(1)7-3-6-4;1-4-3-7-5(1)2-6-4;1-4-2-7-3-5(1)6-4;1-4-2-5(1)7-3-6-4;1-4-2-6-5(1)7-3-4;1-2-7-5-3-4(1)6-5;1-2-6-5-3-4(1)7-5/h4-8H,1-3H2;5-7H,1-4H2;1-2,5-7H,3-4H2;3*5-7H,1-4H2;1-2,5-7H,3-4H2;3*5-7H,1-4H2;4-7H,1-3H2;6*4-6H,1-3H2. The van der Waals surface area contributed by atoms with Crippen molar-refractivity contribution >= 4 is 0 Å². The SMILES string of the molecule is C1=CC2CC(C2)N1.C1=CC2CC1CN2.C1=CC2CCCC1N2.C1CC2CC(C1)N2.C1CC2CC(C1)N2.C1CC2CC(C1)N2.C1CC2CC(C2)N1.C1CC2CC(N1)O2.C1CC2CC(N2)O1.C1CC2CC1CN2.C1CC2CC1CN2.C1CC2CC1CN2.C1NC2CC(C2)N1.C1NC2CC(C2)O1.C1NC2CC1CO2.C1OC2CNC1C2.C1OCC2CC1N2. The summed E-state index contributed by atoms with van der Waals surface area (Å²) in [7, 11) is 0. The highest BCUT2D eigenvalue weighted by Gasteiger charge is 2.41. The van der Waals surface area contributed by atoms with E-state index >= 15 is 0 Å². The zero-order valence-corrected chi connectivity index (χ0v) is 74.1. The molecule has 24 nitrogen and oxygen atoms in total. The molecule has 11 aliphatic carbocycles. The summed E-state index contributed by atoms with van der Waals surface area (Å²) in [6.45, 7) is 16.5. The van der Waals surface area contributed by atoms with Crippen molar-refractivity contribution in [2.24, 2.45) is 41.4 Å². The van der Waals surface area contributed by atoms with Crippen LogP contribution >= 0.6 is 0 Å². The molecular formula is C96H170N18O6. The highest BCUT2D eigenvalue weighted by atomic mass is 16.5. The van der Waals surface area contributed by atoms with Gasteiger partial charge in [0.15, 0.2) is 0 Å². The Balaban J connectivity index is 0.0000000875. The Morgan fingerprint density at radius 2 is 0.767 bits per heavy atom. The third-order valence-electron chi connectivity index (χ3n) is 33.3. The zero-order valence-electron chi connectivity index (χ0n) is 74.1. The first kappa shape index (κ1) is 88.7. The van der Waals surface area contributed by atoms with Gasteiger partial charge in [0.25, 0.3) is 0 Å². The fourth-order valence-electron chi connectivity index (χ4n) is 24.8. The highest BCUT2D eigenvalue weighted by Crippen LogP contribution is 2.37. The Hall–Kier alpha value is -1.90. The fraction of sp³-hybridized carbons (Fsp3) is 0.938. The molecule has 120 heavy (non-hydrogen) atoms.